The molecule has 2 heterocycles. The lowest BCUT2D eigenvalue weighted by atomic mass is 10.2. The maximum Gasteiger partial charge on any atom is 0.322 e. The molecule has 1 aliphatic rings. The van der Waals surface area contributed by atoms with Crippen molar-refractivity contribution in [3.63, 3.8) is 0 Å². The Morgan fingerprint density at radius 1 is 1.53 bits per heavy atom. The minimum Gasteiger partial charge on any atom is -0.480 e. The molecule has 0 aromatic carbocycles. The summed E-state index contributed by atoms with van der Waals surface area (Å²) >= 11 is 4.29. The number of halogens is 1. The second-order valence-electron chi connectivity index (χ2n) is 3.67. The largest absolute Gasteiger partial charge is 0.480 e. The van der Waals surface area contributed by atoms with E-state index in [0.717, 1.165) is 15.6 Å². The highest BCUT2D eigenvalue weighted by Crippen LogP contribution is 2.32. The third kappa shape index (κ3) is 2.40. The van der Waals surface area contributed by atoms with Crippen molar-refractivity contribution in [3.8, 4) is 0 Å². The number of rotatable bonds is 3. The summed E-state index contributed by atoms with van der Waals surface area (Å²) in [4.78, 5) is 11.0. The van der Waals surface area contributed by atoms with Crippen molar-refractivity contribution < 1.29 is 18.3 Å². The molecule has 1 atom stereocenters. The van der Waals surface area contributed by atoms with Gasteiger partial charge in [0.25, 0.3) is 10.0 Å². The molecule has 0 amide bonds. The summed E-state index contributed by atoms with van der Waals surface area (Å²) in [7, 11) is -3.67. The molecule has 0 radical (unpaired) electrons. The normalized spacial score (nSPS) is 21.8. The molecule has 1 aliphatic heterocycles. The van der Waals surface area contributed by atoms with Crippen LogP contribution in [0.1, 0.15) is 12.8 Å². The van der Waals surface area contributed by atoms with E-state index in [1.54, 1.807) is 6.07 Å². The van der Waals surface area contributed by atoms with E-state index in [9.17, 15) is 13.2 Å². The molecule has 5 nitrogen and oxygen atoms in total. The monoisotopic (exact) mass is 339 g/mol. The fraction of sp³-hybridized carbons (Fsp3) is 0.444. The lowest BCUT2D eigenvalue weighted by molar-refractivity contribution is -0.140. The molecule has 1 N–H and O–H groups in total. The number of thiophene rings is 1. The molecule has 2 rings (SSSR count). The van der Waals surface area contributed by atoms with Gasteiger partial charge < -0.3 is 5.11 Å². The highest BCUT2D eigenvalue weighted by atomic mass is 79.9. The molecule has 1 fully saturated rings. The van der Waals surface area contributed by atoms with Gasteiger partial charge in [0.05, 0.1) is 3.79 Å². The Morgan fingerprint density at radius 3 is 2.76 bits per heavy atom. The van der Waals surface area contributed by atoms with Gasteiger partial charge in [-0.2, -0.15) is 4.31 Å². The summed E-state index contributed by atoms with van der Waals surface area (Å²) in [5.74, 6) is -1.08. The highest BCUT2D eigenvalue weighted by molar-refractivity contribution is 9.11. The number of carboxylic acids is 1. The Morgan fingerprint density at radius 2 is 2.24 bits per heavy atom. The molecule has 0 unspecified atom stereocenters. The Balaban J connectivity index is 2.36. The van der Waals surface area contributed by atoms with E-state index in [2.05, 4.69) is 15.9 Å². The van der Waals surface area contributed by atoms with Gasteiger partial charge in [0, 0.05) is 6.54 Å². The first-order valence-electron chi connectivity index (χ1n) is 4.93. The Bertz CT molecular complexity index is 539. The summed E-state index contributed by atoms with van der Waals surface area (Å²) in [6.07, 6.45) is 0.962. The average molecular weight is 340 g/mol. The van der Waals surface area contributed by atoms with Gasteiger partial charge in [-0.25, -0.2) is 8.42 Å². The van der Waals surface area contributed by atoms with E-state index in [1.807, 2.05) is 0 Å². The predicted molar refractivity (Wildman–Crippen MR) is 66.6 cm³/mol. The molecule has 1 aromatic heterocycles. The van der Waals surface area contributed by atoms with Crippen molar-refractivity contribution >= 4 is 43.3 Å². The lowest BCUT2D eigenvalue weighted by Crippen LogP contribution is -2.40. The van der Waals surface area contributed by atoms with Crippen molar-refractivity contribution in [3.05, 3.63) is 15.9 Å². The number of hydrogen-bond acceptors (Lipinski definition) is 4. The molecule has 0 bridgehead atoms. The summed E-state index contributed by atoms with van der Waals surface area (Å²) in [6, 6.07) is 2.20. The van der Waals surface area contributed by atoms with Crippen LogP contribution >= 0.6 is 27.3 Å². The molecular formula is C9H10BrNO4S2. The van der Waals surface area contributed by atoms with Crippen LogP contribution in [-0.4, -0.2) is 36.4 Å². The van der Waals surface area contributed by atoms with E-state index in [-0.39, 0.29) is 10.8 Å². The van der Waals surface area contributed by atoms with Crippen molar-refractivity contribution in [2.75, 3.05) is 6.54 Å². The molecule has 0 saturated carbocycles. The van der Waals surface area contributed by atoms with Gasteiger partial charge >= 0.3 is 5.97 Å². The molecule has 17 heavy (non-hydrogen) atoms. The average Bonchev–Trinajstić information content (AvgIpc) is 2.84. The fourth-order valence-electron chi connectivity index (χ4n) is 1.83. The van der Waals surface area contributed by atoms with Gasteiger partial charge in [-0.1, -0.05) is 0 Å². The Kier molecular flexibility index (Phi) is 3.58. The molecule has 0 spiro atoms. The first-order chi connectivity index (χ1) is 7.93. The van der Waals surface area contributed by atoms with Crippen LogP contribution in [0.5, 0.6) is 0 Å². The molecule has 1 saturated heterocycles. The fourth-order valence-corrected chi connectivity index (χ4v) is 5.62. The van der Waals surface area contributed by atoms with Gasteiger partial charge in [0.1, 0.15) is 10.3 Å². The summed E-state index contributed by atoms with van der Waals surface area (Å²) in [5.41, 5.74) is 0. The van der Waals surface area contributed by atoms with Gasteiger partial charge in [0.15, 0.2) is 0 Å². The smallest absolute Gasteiger partial charge is 0.322 e. The van der Waals surface area contributed by atoms with Crippen molar-refractivity contribution in [2.45, 2.75) is 23.1 Å². The minimum absolute atomic E-state index is 0.178. The van der Waals surface area contributed by atoms with Crippen LogP contribution in [0.2, 0.25) is 0 Å². The Hall–Kier alpha value is -0.440. The van der Waals surface area contributed by atoms with Gasteiger partial charge in [0.2, 0.25) is 0 Å². The second kappa shape index (κ2) is 4.68. The maximum atomic E-state index is 12.2. The summed E-state index contributed by atoms with van der Waals surface area (Å²) < 4.78 is 26.4. The molecule has 0 aliphatic carbocycles. The zero-order valence-electron chi connectivity index (χ0n) is 8.67. The minimum atomic E-state index is -3.67. The van der Waals surface area contributed by atoms with E-state index >= 15 is 0 Å². The van der Waals surface area contributed by atoms with Crippen LogP contribution in [0.3, 0.4) is 0 Å². The number of carbonyl (C=O) groups is 1. The van der Waals surface area contributed by atoms with Crippen molar-refractivity contribution in [2.24, 2.45) is 0 Å². The third-order valence-corrected chi connectivity index (χ3v) is 6.60. The SMILES string of the molecule is O=C(O)[C@H]1CCCN1S(=O)(=O)c1ccc(Br)s1. The predicted octanol–water partition coefficient (Wildman–Crippen LogP) is 1.75. The standard InChI is InChI=1S/C9H10BrNO4S2/c10-7-3-4-8(16-7)17(14,15)11-5-1-2-6(11)9(12)13/h3-4,6H,1-2,5H2,(H,12,13)/t6-/m1/s1. The van der Waals surface area contributed by atoms with Crippen LogP contribution in [0.15, 0.2) is 20.1 Å². The van der Waals surface area contributed by atoms with Crippen LogP contribution in [0.25, 0.3) is 0 Å². The number of hydrogen-bond donors (Lipinski definition) is 1. The maximum absolute atomic E-state index is 12.2. The molecule has 94 valence electrons. The van der Waals surface area contributed by atoms with Crippen molar-refractivity contribution in [1.82, 2.24) is 4.31 Å². The van der Waals surface area contributed by atoms with E-state index in [0.29, 0.717) is 16.6 Å². The van der Waals surface area contributed by atoms with E-state index < -0.39 is 22.0 Å². The van der Waals surface area contributed by atoms with E-state index in [4.69, 9.17) is 5.11 Å². The number of nitrogens with zero attached hydrogens (tertiary/aromatic N) is 1. The molecule has 8 heteroatoms. The molecular weight excluding hydrogens is 330 g/mol. The second-order valence-corrected chi connectivity index (χ2v) is 8.25. The number of carboxylic acid groups (broad SMARTS) is 1. The zero-order valence-corrected chi connectivity index (χ0v) is 11.9. The van der Waals surface area contributed by atoms with Crippen LogP contribution in [0, 0.1) is 0 Å². The van der Waals surface area contributed by atoms with Crippen LogP contribution in [0.4, 0.5) is 0 Å². The van der Waals surface area contributed by atoms with Gasteiger partial charge in [-0.05, 0) is 40.9 Å². The van der Waals surface area contributed by atoms with Crippen LogP contribution < -0.4 is 0 Å². The Labute approximate surface area is 111 Å². The van der Waals surface area contributed by atoms with Gasteiger partial charge in [-0.3, -0.25) is 4.79 Å². The van der Waals surface area contributed by atoms with Gasteiger partial charge in [-0.15, -0.1) is 11.3 Å². The summed E-state index contributed by atoms with van der Waals surface area (Å²) in [5, 5.41) is 8.99. The highest BCUT2D eigenvalue weighted by Gasteiger charge is 2.39. The first-order valence-corrected chi connectivity index (χ1v) is 7.98. The lowest BCUT2D eigenvalue weighted by Gasteiger charge is -2.19. The topological polar surface area (TPSA) is 74.7 Å². The van der Waals surface area contributed by atoms with E-state index in [1.165, 1.54) is 6.07 Å². The quantitative estimate of drug-likeness (QED) is 0.910. The zero-order chi connectivity index (χ0) is 12.6. The van der Waals surface area contributed by atoms with Crippen LogP contribution in [-0.2, 0) is 14.8 Å². The third-order valence-electron chi connectivity index (χ3n) is 2.60. The number of sulfonamides is 1. The van der Waals surface area contributed by atoms with Crippen molar-refractivity contribution in [1.29, 1.82) is 0 Å². The number of aliphatic carboxylic acids is 1. The summed E-state index contributed by atoms with van der Waals surface area (Å²) in [6.45, 7) is 0.273. The molecule has 1 aromatic rings. The first kappa shape index (κ1) is 13.0.